The fourth-order valence-electron chi connectivity index (χ4n) is 3.41. The molecule has 15 heteroatoms. The lowest BCUT2D eigenvalue weighted by Gasteiger charge is -2.22. The highest BCUT2D eigenvalue weighted by Gasteiger charge is 2.38. The Morgan fingerprint density at radius 3 is 2.07 bits per heavy atom. The lowest BCUT2D eigenvalue weighted by Crippen LogP contribution is -2.47. The molecular weight excluding hydrogens is 585 g/mol. The highest BCUT2D eigenvalue weighted by molar-refractivity contribution is 5.95. The fourth-order valence-corrected chi connectivity index (χ4v) is 3.41. The van der Waals surface area contributed by atoms with E-state index in [-0.39, 0.29) is 11.9 Å². The van der Waals surface area contributed by atoms with Crippen molar-refractivity contribution in [1.29, 1.82) is 5.41 Å². The van der Waals surface area contributed by atoms with Gasteiger partial charge in [-0.15, -0.1) is 0 Å². The monoisotopic (exact) mass is 618 g/mol. The zero-order valence-electron chi connectivity index (χ0n) is 24.0. The molecule has 0 aliphatic carbocycles. The second kappa shape index (κ2) is 16.2. The van der Waals surface area contributed by atoms with Gasteiger partial charge in [0.05, 0.1) is 12.7 Å². The highest BCUT2D eigenvalue weighted by atomic mass is 19.4. The number of nitrogens with two attached hydrogens (primary N) is 1. The van der Waals surface area contributed by atoms with E-state index < -0.39 is 30.1 Å². The number of amidine groups is 1. The third kappa shape index (κ3) is 11.4. The highest BCUT2D eigenvalue weighted by Crippen LogP contribution is 2.33. The Morgan fingerprint density at radius 1 is 0.932 bits per heavy atom. The number of benzene rings is 3. The Kier molecular flexibility index (Phi) is 12.8. The predicted molar refractivity (Wildman–Crippen MR) is 158 cm³/mol. The summed E-state index contributed by atoms with van der Waals surface area (Å²) in [7, 11) is 0. The molecule has 0 aliphatic rings. The van der Waals surface area contributed by atoms with Crippen LogP contribution in [0, 0.1) is 5.41 Å². The van der Waals surface area contributed by atoms with Crippen molar-refractivity contribution in [1.82, 2.24) is 10.9 Å². The number of urea groups is 1. The van der Waals surface area contributed by atoms with Gasteiger partial charge < -0.3 is 30.9 Å². The number of aliphatic carboxylic acids is 1. The maximum atomic E-state index is 13.3. The molecule has 0 fully saturated rings. The molecule has 1 atom stereocenters. The molecule has 0 radical (unpaired) electrons. The number of rotatable bonds is 10. The molecule has 3 aromatic carbocycles. The zero-order chi connectivity index (χ0) is 32.9. The fraction of sp³-hybridized carbons (Fsp3) is 0.241. The summed E-state index contributed by atoms with van der Waals surface area (Å²) in [6.45, 7) is 6.10. The molecule has 8 N–H and O–H groups in total. The summed E-state index contributed by atoms with van der Waals surface area (Å²) >= 11 is 0. The summed E-state index contributed by atoms with van der Waals surface area (Å²) < 4.78 is 43.3. The van der Waals surface area contributed by atoms with Crippen molar-refractivity contribution >= 4 is 35.1 Å². The molecule has 44 heavy (non-hydrogen) atoms. The van der Waals surface area contributed by atoms with E-state index in [0.29, 0.717) is 40.6 Å². The van der Waals surface area contributed by atoms with Gasteiger partial charge in [0.25, 0.3) is 5.91 Å². The molecule has 3 amide bonds. The summed E-state index contributed by atoms with van der Waals surface area (Å²) in [5, 5.41) is 20.5. The second-order valence-electron chi connectivity index (χ2n) is 9.11. The maximum absolute atomic E-state index is 13.3. The molecule has 3 rings (SSSR count). The van der Waals surface area contributed by atoms with Crippen LogP contribution in [0.2, 0.25) is 0 Å². The minimum absolute atomic E-state index is 0.0587. The lowest BCUT2D eigenvalue weighted by atomic mass is 10.0. The van der Waals surface area contributed by atoms with E-state index in [9.17, 15) is 22.8 Å². The van der Waals surface area contributed by atoms with Crippen LogP contribution in [0.5, 0.6) is 11.5 Å². The number of amides is 3. The van der Waals surface area contributed by atoms with Crippen LogP contribution in [-0.2, 0) is 9.59 Å². The number of carboxylic acid groups (broad SMARTS) is 1. The average Bonchev–Trinajstić information content (AvgIpc) is 2.96. The number of carboxylic acids is 1. The van der Waals surface area contributed by atoms with E-state index in [2.05, 4.69) is 21.5 Å². The van der Waals surface area contributed by atoms with Crippen molar-refractivity contribution in [2.24, 2.45) is 5.73 Å². The molecule has 0 spiro atoms. The van der Waals surface area contributed by atoms with Crippen molar-refractivity contribution in [3.63, 3.8) is 0 Å². The van der Waals surface area contributed by atoms with Crippen LogP contribution in [0.4, 0.5) is 29.3 Å². The van der Waals surface area contributed by atoms with Gasteiger partial charge in [-0.2, -0.15) is 13.2 Å². The van der Waals surface area contributed by atoms with Gasteiger partial charge in [0.15, 0.2) is 11.5 Å². The first-order valence-electron chi connectivity index (χ1n) is 13.1. The topological polar surface area (TPSA) is 188 Å². The molecule has 0 saturated heterocycles. The van der Waals surface area contributed by atoms with E-state index in [1.54, 1.807) is 66.7 Å². The third-order valence-corrected chi connectivity index (χ3v) is 5.31. The standard InChI is InChI=1S/C27H32N6O4.C2HF3O2/c1-4-36-23-16-19(12-15-22(23)37-17(2)3)24(30-21-13-10-18(11-14-21)25(28)29)26(34)32-33-27(35)31-20-8-6-5-7-9-20;3-2(4,5)1(6)7/h5-17,24,30H,4H2,1-3H3,(H3,28,29)(H,32,34)(H2,31,33,35);(H,6,7). The number of anilines is 2. The Bertz CT molecular complexity index is 1420. The minimum Gasteiger partial charge on any atom is -0.490 e. The number of carbonyl (C=O) groups excluding carboxylic acids is 2. The average molecular weight is 619 g/mol. The quantitative estimate of drug-likeness (QED) is 0.0959. The van der Waals surface area contributed by atoms with Gasteiger partial charge in [-0.1, -0.05) is 24.3 Å². The van der Waals surface area contributed by atoms with Gasteiger partial charge in [-0.3, -0.25) is 15.6 Å². The van der Waals surface area contributed by atoms with E-state index >= 15 is 0 Å². The molecule has 0 saturated carbocycles. The second-order valence-corrected chi connectivity index (χ2v) is 9.11. The van der Waals surface area contributed by atoms with Gasteiger partial charge in [-0.25, -0.2) is 15.0 Å². The molecular formula is C29H33F3N6O6. The van der Waals surface area contributed by atoms with Crippen molar-refractivity contribution in [3.8, 4) is 11.5 Å². The van der Waals surface area contributed by atoms with Crippen molar-refractivity contribution in [2.75, 3.05) is 17.2 Å². The number of alkyl halides is 3. The van der Waals surface area contributed by atoms with Crippen molar-refractivity contribution in [2.45, 2.75) is 39.1 Å². The Morgan fingerprint density at radius 2 is 1.55 bits per heavy atom. The Balaban J connectivity index is 0.000000860. The van der Waals surface area contributed by atoms with Crippen LogP contribution in [0.3, 0.4) is 0 Å². The number of ether oxygens (including phenoxy) is 2. The summed E-state index contributed by atoms with van der Waals surface area (Å²) in [4.78, 5) is 34.5. The zero-order valence-corrected chi connectivity index (χ0v) is 24.0. The Labute approximate surface area is 251 Å². The lowest BCUT2D eigenvalue weighted by molar-refractivity contribution is -0.192. The summed E-state index contributed by atoms with van der Waals surface area (Å²) in [5.41, 5.74) is 12.7. The third-order valence-electron chi connectivity index (χ3n) is 5.31. The van der Waals surface area contributed by atoms with Gasteiger partial charge in [0, 0.05) is 16.9 Å². The van der Waals surface area contributed by atoms with Gasteiger partial charge in [0.2, 0.25) is 0 Å². The molecule has 0 aromatic heterocycles. The van der Waals surface area contributed by atoms with E-state index in [0.717, 1.165) is 0 Å². The molecule has 0 heterocycles. The van der Waals surface area contributed by atoms with E-state index in [1.807, 2.05) is 26.8 Å². The van der Waals surface area contributed by atoms with Gasteiger partial charge >= 0.3 is 18.2 Å². The first-order chi connectivity index (χ1) is 20.7. The molecule has 0 bridgehead atoms. The van der Waals surface area contributed by atoms with Crippen LogP contribution in [-0.4, -0.2) is 47.7 Å². The number of carbonyl (C=O) groups is 3. The van der Waals surface area contributed by atoms with Crippen LogP contribution < -0.4 is 36.7 Å². The van der Waals surface area contributed by atoms with Crippen LogP contribution in [0.1, 0.15) is 37.9 Å². The van der Waals surface area contributed by atoms with Crippen LogP contribution in [0.15, 0.2) is 72.8 Å². The first-order valence-corrected chi connectivity index (χ1v) is 13.1. The van der Waals surface area contributed by atoms with Crippen molar-refractivity contribution in [3.05, 3.63) is 83.9 Å². The normalized spacial score (nSPS) is 11.2. The van der Waals surface area contributed by atoms with E-state index in [4.69, 9.17) is 30.5 Å². The molecule has 0 aliphatic heterocycles. The minimum atomic E-state index is -5.08. The number of halogens is 3. The maximum Gasteiger partial charge on any atom is 0.490 e. The number of nitrogens with one attached hydrogen (secondary N) is 5. The SMILES string of the molecule is CCOc1cc(C(Nc2ccc(C(=N)N)cc2)C(=O)NNC(=O)Nc2ccccc2)ccc1OC(C)C.O=C(O)C(F)(F)F. The summed E-state index contributed by atoms with van der Waals surface area (Å²) in [5.74, 6) is -2.27. The van der Waals surface area contributed by atoms with Crippen LogP contribution >= 0.6 is 0 Å². The number of hydrogen-bond acceptors (Lipinski definition) is 7. The number of hydrogen-bond donors (Lipinski definition) is 7. The largest absolute Gasteiger partial charge is 0.490 e. The molecule has 12 nitrogen and oxygen atoms in total. The van der Waals surface area contributed by atoms with Gasteiger partial charge in [-0.05, 0) is 74.9 Å². The molecule has 1 unspecified atom stereocenters. The molecule has 3 aromatic rings. The summed E-state index contributed by atoms with van der Waals surface area (Å²) in [6.07, 6.45) is -5.14. The predicted octanol–water partition coefficient (Wildman–Crippen LogP) is 4.80. The van der Waals surface area contributed by atoms with Crippen molar-refractivity contribution < 1.29 is 42.1 Å². The summed E-state index contributed by atoms with van der Waals surface area (Å²) in [6, 6.07) is 19.4. The van der Waals surface area contributed by atoms with Gasteiger partial charge in [0.1, 0.15) is 11.9 Å². The Hall–Kier alpha value is -5.47. The number of hydrazine groups is 1. The number of para-hydroxylation sites is 1. The van der Waals surface area contributed by atoms with Crippen LogP contribution in [0.25, 0.3) is 0 Å². The van der Waals surface area contributed by atoms with E-state index in [1.165, 1.54) is 0 Å². The first kappa shape index (κ1) is 34.7. The number of nitrogen functional groups attached to an aromatic ring is 1. The molecule has 236 valence electrons. The smallest absolute Gasteiger partial charge is 0.490 e.